The van der Waals surface area contributed by atoms with E-state index in [0.29, 0.717) is 0 Å². The Morgan fingerprint density at radius 2 is 1.95 bits per heavy atom. The fourth-order valence-electron chi connectivity index (χ4n) is 3.18. The maximum absolute atomic E-state index is 6.34. The van der Waals surface area contributed by atoms with Crippen molar-refractivity contribution in [2.75, 3.05) is 11.4 Å². The summed E-state index contributed by atoms with van der Waals surface area (Å²) < 4.78 is 6.34. The lowest BCUT2D eigenvalue weighted by molar-refractivity contribution is 0.148. The summed E-state index contributed by atoms with van der Waals surface area (Å²) in [5, 5.41) is 0. The van der Waals surface area contributed by atoms with Gasteiger partial charge in [0.15, 0.2) is 0 Å². The Bertz CT molecular complexity index is 695. The van der Waals surface area contributed by atoms with Gasteiger partial charge in [0.1, 0.15) is 11.4 Å². The van der Waals surface area contributed by atoms with Gasteiger partial charge in [-0.15, -0.1) is 0 Å². The van der Waals surface area contributed by atoms with Gasteiger partial charge < -0.3 is 9.64 Å². The molecule has 0 fully saturated rings. The number of anilines is 1. The van der Waals surface area contributed by atoms with E-state index in [1.54, 1.807) is 0 Å². The largest absolute Gasteiger partial charge is 0.460 e. The number of ether oxygens (including phenoxy) is 1. The lowest BCUT2D eigenvalue weighted by Crippen LogP contribution is -2.54. The van der Waals surface area contributed by atoms with Crippen molar-refractivity contribution >= 4 is 17.6 Å². The third-order valence-electron chi connectivity index (χ3n) is 4.06. The van der Waals surface area contributed by atoms with E-state index in [1.807, 2.05) is 30.5 Å². The fraction of sp³-hybridized carbons (Fsp3) is 0.235. The van der Waals surface area contributed by atoms with Crippen LogP contribution in [0.4, 0.5) is 11.4 Å². The number of hydrogen-bond acceptors (Lipinski definition) is 3. The van der Waals surface area contributed by atoms with Gasteiger partial charge in [-0.25, -0.2) is 0 Å². The zero-order valence-electron chi connectivity index (χ0n) is 11.4. The molecule has 2 heterocycles. The predicted octanol–water partition coefficient (Wildman–Crippen LogP) is 3.56. The summed E-state index contributed by atoms with van der Waals surface area (Å²) in [6.07, 6.45) is 2.80. The first-order chi connectivity index (χ1) is 9.82. The number of nitrogens with zero attached hydrogens (tertiary/aromatic N) is 2. The number of hydrogen-bond donors (Lipinski definition) is 0. The summed E-state index contributed by atoms with van der Waals surface area (Å²) in [5.41, 5.74) is 3.01. The Hall–Kier alpha value is -2.29. The molecule has 4 rings (SSSR count). The second kappa shape index (κ2) is 4.10. The molecule has 0 radical (unpaired) electrons. The van der Waals surface area contributed by atoms with E-state index in [-0.39, 0.29) is 0 Å². The zero-order chi connectivity index (χ0) is 13.6. The minimum Gasteiger partial charge on any atom is -0.460 e. The molecule has 0 aliphatic carbocycles. The molecule has 0 N–H and O–H groups in total. The van der Waals surface area contributed by atoms with Crippen molar-refractivity contribution in [3.8, 4) is 5.75 Å². The molecule has 0 bridgehead atoms. The molecule has 2 aromatic rings. The van der Waals surface area contributed by atoms with Crippen molar-refractivity contribution in [3.63, 3.8) is 0 Å². The first kappa shape index (κ1) is 11.5. The Kier molecular flexibility index (Phi) is 2.36. The van der Waals surface area contributed by atoms with E-state index < -0.39 is 5.72 Å². The zero-order valence-corrected chi connectivity index (χ0v) is 11.4. The maximum atomic E-state index is 6.34. The van der Waals surface area contributed by atoms with Crippen molar-refractivity contribution in [2.24, 2.45) is 4.99 Å². The van der Waals surface area contributed by atoms with Gasteiger partial charge in [0.2, 0.25) is 5.72 Å². The predicted molar refractivity (Wildman–Crippen MR) is 81.1 cm³/mol. The summed E-state index contributed by atoms with van der Waals surface area (Å²) in [6, 6.07) is 16.4. The maximum Gasteiger partial charge on any atom is 0.223 e. The highest BCUT2D eigenvalue weighted by atomic mass is 16.5. The van der Waals surface area contributed by atoms with Crippen molar-refractivity contribution in [1.82, 2.24) is 0 Å². The fourth-order valence-corrected chi connectivity index (χ4v) is 3.18. The highest BCUT2D eigenvalue weighted by molar-refractivity contribution is 5.85. The Balaban J connectivity index is 1.81. The highest BCUT2D eigenvalue weighted by Crippen LogP contribution is 2.43. The second-order valence-electron chi connectivity index (χ2n) is 5.22. The van der Waals surface area contributed by atoms with Gasteiger partial charge in [-0.2, -0.15) is 0 Å². The van der Waals surface area contributed by atoms with Crippen LogP contribution in [-0.4, -0.2) is 18.5 Å². The number of aliphatic imine (C=N–C) groups is 1. The van der Waals surface area contributed by atoms with Gasteiger partial charge >= 0.3 is 0 Å². The Labute approximate surface area is 118 Å². The summed E-state index contributed by atoms with van der Waals surface area (Å²) in [6.45, 7) is 3.05. The molecule has 0 saturated heterocycles. The summed E-state index contributed by atoms with van der Waals surface area (Å²) in [7, 11) is 0. The minimum atomic E-state index is -0.465. The van der Waals surface area contributed by atoms with Crippen LogP contribution in [0.25, 0.3) is 0 Å². The van der Waals surface area contributed by atoms with Crippen LogP contribution in [0.5, 0.6) is 5.75 Å². The molecule has 2 aliphatic heterocycles. The molecule has 100 valence electrons. The third kappa shape index (κ3) is 1.49. The van der Waals surface area contributed by atoms with Crippen LogP contribution < -0.4 is 9.64 Å². The smallest absolute Gasteiger partial charge is 0.223 e. The highest BCUT2D eigenvalue weighted by Gasteiger charge is 2.45. The molecule has 20 heavy (non-hydrogen) atoms. The van der Waals surface area contributed by atoms with Crippen LogP contribution in [0.15, 0.2) is 53.5 Å². The van der Waals surface area contributed by atoms with E-state index >= 15 is 0 Å². The van der Waals surface area contributed by atoms with Gasteiger partial charge in [-0.1, -0.05) is 30.3 Å². The SMILES string of the molecule is CCN1c2ccccc2CC12C=Nc1ccccc1O2. The van der Waals surface area contributed by atoms with Crippen LogP contribution in [0, 0.1) is 0 Å². The molecule has 2 aromatic carbocycles. The van der Waals surface area contributed by atoms with Crippen molar-refractivity contribution in [3.05, 3.63) is 54.1 Å². The average molecular weight is 264 g/mol. The average Bonchev–Trinajstić information content (AvgIpc) is 2.79. The topological polar surface area (TPSA) is 24.8 Å². The summed E-state index contributed by atoms with van der Waals surface area (Å²) in [5.74, 6) is 0.862. The van der Waals surface area contributed by atoms with E-state index in [0.717, 1.165) is 24.4 Å². The number of para-hydroxylation sites is 3. The standard InChI is InChI=1S/C17H16N2O/c1-2-19-15-9-5-3-7-13(15)11-17(19)12-18-14-8-4-6-10-16(14)20-17/h3-10,12H,2,11H2,1H3. The molecule has 3 heteroatoms. The minimum absolute atomic E-state index is 0.465. The molecule has 2 aliphatic rings. The Morgan fingerprint density at radius 3 is 2.85 bits per heavy atom. The van der Waals surface area contributed by atoms with Gasteiger partial charge in [0, 0.05) is 18.7 Å². The summed E-state index contributed by atoms with van der Waals surface area (Å²) >= 11 is 0. The van der Waals surface area contributed by atoms with Crippen LogP contribution >= 0.6 is 0 Å². The number of benzene rings is 2. The van der Waals surface area contributed by atoms with Gasteiger partial charge in [-0.05, 0) is 30.7 Å². The number of rotatable bonds is 1. The lowest BCUT2D eigenvalue weighted by Gasteiger charge is -2.38. The van der Waals surface area contributed by atoms with E-state index in [1.165, 1.54) is 11.3 Å². The molecule has 0 saturated carbocycles. The van der Waals surface area contributed by atoms with Gasteiger partial charge in [-0.3, -0.25) is 4.99 Å². The van der Waals surface area contributed by atoms with E-state index in [4.69, 9.17) is 4.74 Å². The molecule has 0 amide bonds. The first-order valence-corrected chi connectivity index (χ1v) is 7.01. The normalized spacial score (nSPS) is 22.6. The van der Waals surface area contributed by atoms with E-state index in [9.17, 15) is 0 Å². The molecule has 0 aromatic heterocycles. The molecule has 1 atom stereocenters. The van der Waals surface area contributed by atoms with Crippen molar-refractivity contribution in [2.45, 2.75) is 19.1 Å². The van der Waals surface area contributed by atoms with E-state index in [2.05, 4.69) is 41.1 Å². The van der Waals surface area contributed by atoms with Crippen LogP contribution in [0.3, 0.4) is 0 Å². The molecule has 3 nitrogen and oxygen atoms in total. The molecular weight excluding hydrogens is 248 g/mol. The van der Waals surface area contributed by atoms with Crippen molar-refractivity contribution in [1.29, 1.82) is 0 Å². The molecular formula is C17H16N2O. The molecule has 1 spiro atoms. The van der Waals surface area contributed by atoms with Gasteiger partial charge in [0.05, 0.1) is 6.21 Å². The monoisotopic (exact) mass is 264 g/mol. The van der Waals surface area contributed by atoms with Crippen LogP contribution in [0.1, 0.15) is 12.5 Å². The molecule has 1 unspecified atom stereocenters. The first-order valence-electron chi connectivity index (χ1n) is 7.01. The quantitative estimate of drug-likeness (QED) is 0.786. The van der Waals surface area contributed by atoms with Crippen molar-refractivity contribution < 1.29 is 4.74 Å². The van der Waals surface area contributed by atoms with Gasteiger partial charge in [0.25, 0.3) is 0 Å². The number of likely N-dealkylation sites (N-methyl/N-ethyl adjacent to an activating group) is 1. The third-order valence-corrected chi connectivity index (χ3v) is 4.06. The second-order valence-corrected chi connectivity index (χ2v) is 5.22. The Morgan fingerprint density at radius 1 is 1.15 bits per heavy atom. The summed E-state index contributed by atoms with van der Waals surface area (Å²) in [4.78, 5) is 6.91. The van der Waals surface area contributed by atoms with Crippen LogP contribution in [0.2, 0.25) is 0 Å². The number of fused-ring (bicyclic) bond motifs is 2. The lowest BCUT2D eigenvalue weighted by atomic mass is 10.1. The van der Waals surface area contributed by atoms with Crippen LogP contribution in [-0.2, 0) is 6.42 Å².